The molecule has 0 aromatic rings. The molecule has 18 heteroatoms. The first-order chi connectivity index (χ1) is 31.2. The number of hydrogen-bond acceptors (Lipinski definition) is 18. The maximum absolute atomic E-state index is 12.2. The van der Waals surface area contributed by atoms with Crippen molar-refractivity contribution in [1.82, 2.24) is 0 Å². The molecule has 26 atom stereocenters. The number of aliphatic hydroxyl groups excluding tert-OH is 11. The van der Waals surface area contributed by atoms with Crippen molar-refractivity contribution < 1.29 is 89.3 Å². The number of aliphatic hydroxyl groups is 11. The molecular weight excluding hydrogens is 877 g/mol. The van der Waals surface area contributed by atoms with E-state index in [0.717, 1.165) is 19.3 Å². The fraction of sp³-hybridized carbons (Fsp3) is 0.959. The van der Waals surface area contributed by atoms with Gasteiger partial charge in [-0.15, -0.1) is 0 Å². The van der Waals surface area contributed by atoms with Gasteiger partial charge in [-0.25, -0.2) is 0 Å². The molecule has 0 bridgehead atoms. The molecule has 3 saturated heterocycles. The third kappa shape index (κ3) is 7.97. The lowest BCUT2D eigenvalue weighted by molar-refractivity contribution is -0.396. The van der Waals surface area contributed by atoms with E-state index >= 15 is 0 Å². The van der Waals surface area contributed by atoms with Crippen molar-refractivity contribution in [3.63, 3.8) is 0 Å². The number of ether oxygens (including phenoxy) is 7. The zero-order valence-electron chi connectivity index (χ0n) is 40.9. The average molecular weight is 959 g/mol. The number of methoxy groups -OCH3 is 1. The molecule has 0 aromatic heterocycles. The minimum atomic E-state index is -1.82. The van der Waals surface area contributed by atoms with E-state index in [0.29, 0.717) is 25.7 Å². The summed E-state index contributed by atoms with van der Waals surface area (Å²) >= 11 is 0. The molecule has 386 valence electrons. The number of fused-ring (bicyclic) bond motifs is 7. The molecule has 8 aliphatic rings. The van der Waals surface area contributed by atoms with Crippen LogP contribution in [0.5, 0.6) is 0 Å². The van der Waals surface area contributed by atoms with Crippen LogP contribution < -0.4 is 0 Å². The molecule has 3 heterocycles. The van der Waals surface area contributed by atoms with E-state index in [1.54, 1.807) is 14.0 Å². The van der Waals surface area contributed by atoms with E-state index in [1.165, 1.54) is 12.5 Å². The first-order valence-corrected chi connectivity index (χ1v) is 24.7. The molecule has 0 amide bonds. The van der Waals surface area contributed by atoms with E-state index in [4.69, 9.17) is 33.2 Å². The van der Waals surface area contributed by atoms with Crippen LogP contribution in [-0.2, 0) is 33.2 Å². The summed E-state index contributed by atoms with van der Waals surface area (Å²) in [6, 6.07) is 0. The van der Waals surface area contributed by atoms with E-state index < -0.39 is 139 Å². The molecule has 11 N–H and O–H groups in total. The molecule has 18 nitrogen and oxygen atoms in total. The summed E-state index contributed by atoms with van der Waals surface area (Å²) in [5, 5.41) is 121. The lowest BCUT2D eigenvalue weighted by atomic mass is 9.32. The lowest BCUT2D eigenvalue weighted by Crippen LogP contribution is -2.70. The zero-order chi connectivity index (χ0) is 49.3. The number of rotatable bonds is 9. The normalized spacial score (nSPS) is 56.2. The maximum atomic E-state index is 12.2. The van der Waals surface area contributed by atoms with Gasteiger partial charge in [0.25, 0.3) is 0 Å². The van der Waals surface area contributed by atoms with Gasteiger partial charge in [0.2, 0.25) is 0 Å². The summed E-state index contributed by atoms with van der Waals surface area (Å²) in [5.41, 5.74) is -1.63. The minimum absolute atomic E-state index is 0.0217. The van der Waals surface area contributed by atoms with Crippen LogP contribution in [0, 0.1) is 50.2 Å². The molecule has 67 heavy (non-hydrogen) atoms. The second-order valence-corrected chi connectivity index (χ2v) is 24.0. The standard InChI is InChI=1S/C49H82O18/c1-21-31(54)34(57)37(60)41(62-21)66-39-36(59)33(56)26(19-50)64-43(39)67-38-35(58)32(55)22(2)63-42(38)65-30-12-13-46(7)27(45(30,5)6)11-14-47(8)40(46)25(61-10)15-23-24-16-44(3,4)28(52)18-49(24,20-51)29(53)17-48(23,47)9/h15,21-22,24-43,50-60H,11-14,16-20H2,1-10H3/t21-,22+,24-,25?,26+,27-,28+,29+,30-,31-,32-,33+,34+,35-,36-,37+,38+,39+,40+,41-,42-,43-,46-,47+,48+,49+/m0/s1. The van der Waals surface area contributed by atoms with Crippen LogP contribution in [0.4, 0.5) is 0 Å². The Hall–Kier alpha value is -0.980. The average Bonchev–Trinajstić information content (AvgIpc) is 3.26. The van der Waals surface area contributed by atoms with E-state index in [1.807, 2.05) is 0 Å². The van der Waals surface area contributed by atoms with Crippen LogP contribution in [-0.4, -0.2) is 193 Å². The van der Waals surface area contributed by atoms with E-state index in [2.05, 4.69) is 54.5 Å². The Labute approximate surface area is 394 Å². The van der Waals surface area contributed by atoms with Gasteiger partial charge in [-0.1, -0.05) is 60.1 Å². The molecule has 3 aliphatic heterocycles. The number of allylic oxidation sites excluding steroid dienone is 1. The first kappa shape index (κ1) is 52.3. The second kappa shape index (κ2) is 18.2. The summed E-state index contributed by atoms with van der Waals surface area (Å²) in [4.78, 5) is 0. The summed E-state index contributed by atoms with van der Waals surface area (Å²) in [6.07, 6.45) is -18.2. The molecule has 0 radical (unpaired) electrons. The first-order valence-electron chi connectivity index (χ1n) is 24.7. The molecule has 0 aromatic carbocycles. The van der Waals surface area contributed by atoms with Crippen LogP contribution in [0.3, 0.4) is 0 Å². The van der Waals surface area contributed by atoms with Gasteiger partial charge in [0, 0.05) is 18.4 Å². The van der Waals surface area contributed by atoms with Crippen LogP contribution in [0.1, 0.15) is 107 Å². The highest BCUT2D eigenvalue weighted by molar-refractivity contribution is 5.37. The SMILES string of the molecule is COC1C=C2[C@@H]3CC(C)(C)[C@H](O)C[C@]3(CO)[C@H](O)C[C@@]2(C)[C@]2(C)CC[C@H]3C(C)(C)[C@@H](O[C@@H]4O[C@H](C)[C@H](O)[C@H](O)[C@H]4O[C@@H]4O[C@H](CO)[C@@H](O)[C@H](O)[C@H]4O[C@@H]4O[C@@H](C)[C@H](O)[C@@H](O)[C@H]4O)CC[C@]3(C)[C@@H]12. The Bertz CT molecular complexity index is 1800. The Morgan fingerprint density at radius 3 is 1.82 bits per heavy atom. The fourth-order valence-corrected chi connectivity index (χ4v) is 15.4. The summed E-state index contributed by atoms with van der Waals surface area (Å²) < 4.78 is 43.7. The summed E-state index contributed by atoms with van der Waals surface area (Å²) in [6.45, 7) is 17.6. The predicted octanol–water partition coefficient (Wildman–Crippen LogP) is 0.236. The maximum Gasteiger partial charge on any atom is 0.187 e. The summed E-state index contributed by atoms with van der Waals surface area (Å²) in [7, 11) is 1.76. The zero-order valence-corrected chi connectivity index (χ0v) is 40.9. The topological polar surface area (TPSA) is 287 Å². The highest BCUT2D eigenvalue weighted by Crippen LogP contribution is 2.76. The lowest BCUT2D eigenvalue weighted by Gasteiger charge is -2.73. The molecule has 1 unspecified atom stereocenters. The van der Waals surface area contributed by atoms with Crippen molar-refractivity contribution >= 4 is 0 Å². The van der Waals surface area contributed by atoms with Gasteiger partial charge < -0.3 is 89.3 Å². The van der Waals surface area contributed by atoms with Gasteiger partial charge in [-0.05, 0) is 97.7 Å². The van der Waals surface area contributed by atoms with Crippen molar-refractivity contribution in [3.8, 4) is 0 Å². The van der Waals surface area contributed by atoms with E-state index in [-0.39, 0.29) is 41.3 Å². The third-order valence-electron chi connectivity index (χ3n) is 19.8. The molecule has 7 fully saturated rings. The third-order valence-corrected chi connectivity index (χ3v) is 19.8. The van der Waals surface area contributed by atoms with Gasteiger partial charge >= 0.3 is 0 Å². The highest BCUT2D eigenvalue weighted by atomic mass is 16.8. The number of hydrogen-bond donors (Lipinski definition) is 11. The predicted molar refractivity (Wildman–Crippen MR) is 236 cm³/mol. The van der Waals surface area contributed by atoms with Gasteiger partial charge in [0.15, 0.2) is 18.9 Å². The largest absolute Gasteiger partial charge is 0.396 e. The van der Waals surface area contributed by atoms with E-state index in [9.17, 15) is 56.2 Å². The quantitative estimate of drug-likeness (QED) is 0.109. The van der Waals surface area contributed by atoms with Crippen LogP contribution in [0.15, 0.2) is 11.6 Å². The van der Waals surface area contributed by atoms with Crippen LogP contribution >= 0.6 is 0 Å². The molecule has 4 saturated carbocycles. The molecular formula is C49H82O18. The smallest absolute Gasteiger partial charge is 0.187 e. The minimum Gasteiger partial charge on any atom is -0.396 e. The van der Waals surface area contributed by atoms with Crippen molar-refractivity contribution in [1.29, 1.82) is 0 Å². The van der Waals surface area contributed by atoms with Gasteiger partial charge in [-0.3, -0.25) is 0 Å². The van der Waals surface area contributed by atoms with Crippen LogP contribution in [0.25, 0.3) is 0 Å². The molecule has 8 rings (SSSR count). The monoisotopic (exact) mass is 959 g/mol. The van der Waals surface area contributed by atoms with Gasteiger partial charge in [0.05, 0.1) is 49.8 Å². The van der Waals surface area contributed by atoms with Crippen molar-refractivity contribution in [3.05, 3.63) is 11.6 Å². The Morgan fingerprint density at radius 2 is 1.21 bits per heavy atom. The van der Waals surface area contributed by atoms with Crippen molar-refractivity contribution in [2.24, 2.45) is 50.2 Å². The highest BCUT2D eigenvalue weighted by Gasteiger charge is 2.72. The Kier molecular flexibility index (Phi) is 14.2. The van der Waals surface area contributed by atoms with Crippen molar-refractivity contribution in [2.45, 2.75) is 224 Å². The van der Waals surface area contributed by atoms with Gasteiger partial charge in [-0.2, -0.15) is 0 Å². The van der Waals surface area contributed by atoms with Crippen LogP contribution in [0.2, 0.25) is 0 Å². The summed E-state index contributed by atoms with van der Waals surface area (Å²) in [5.74, 6) is -0.0414. The molecule has 0 spiro atoms. The van der Waals surface area contributed by atoms with Crippen molar-refractivity contribution in [2.75, 3.05) is 20.3 Å². The fourth-order valence-electron chi connectivity index (χ4n) is 15.4. The second-order valence-electron chi connectivity index (χ2n) is 24.0. The Balaban J connectivity index is 1.07. The Morgan fingerprint density at radius 1 is 0.627 bits per heavy atom. The van der Waals surface area contributed by atoms with Gasteiger partial charge in [0.1, 0.15) is 61.0 Å². The molecule has 5 aliphatic carbocycles.